The number of nitrogens with zero attached hydrogens (tertiary/aromatic N) is 4. The summed E-state index contributed by atoms with van der Waals surface area (Å²) in [6.07, 6.45) is 0. The number of amides is 1. The maximum Gasteiger partial charge on any atom is 0.269 e. The first kappa shape index (κ1) is 19.7. The van der Waals surface area contributed by atoms with Crippen molar-refractivity contribution < 1.29 is 9.72 Å². The molecule has 1 amide bonds. The summed E-state index contributed by atoms with van der Waals surface area (Å²) in [5.41, 5.74) is 1.69. The molecule has 0 aliphatic carbocycles. The Kier molecular flexibility index (Phi) is 5.68. The Bertz CT molecular complexity index is 1030. The zero-order valence-corrected chi connectivity index (χ0v) is 16.2. The number of nitro benzene ring substituents is 1. The molecule has 0 spiro atoms. The molecule has 148 valence electrons. The minimum Gasteiger partial charge on any atom is -0.363 e. The number of nitrogens with one attached hydrogen (secondary N) is 2. The van der Waals surface area contributed by atoms with Crippen molar-refractivity contribution in [1.29, 1.82) is 0 Å². The molecule has 0 atom stereocenters. The molecule has 0 aliphatic heterocycles. The van der Waals surface area contributed by atoms with Crippen LogP contribution < -0.4 is 15.5 Å². The van der Waals surface area contributed by atoms with Crippen LogP contribution in [0, 0.1) is 17.0 Å². The Morgan fingerprint density at radius 2 is 1.62 bits per heavy atom. The fourth-order valence-corrected chi connectivity index (χ4v) is 2.57. The Balaban J connectivity index is 1.67. The van der Waals surface area contributed by atoms with Gasteiger partial charge in [0.15, 0.2) is 0 Å². The summed E-state index contributed by atoms with van der Waals surface area (Å²) in [6, 6.07) is 14.4. The van der Waals surface area contributed by atoms with E-state index < -0.39 is 4.92 Å². The summed E-state index contributed by atoms with van der Waals surface area (Å²) in [7, 11) is 3.82. The monoisotopic (exact) mass is 392 g/mol. The van der Waals surface area contributed by atoms with Crippen molar-refractivity contribution in [2.45, 2.75) is 6.92 Å². The van der Waals surface area contributed by atoms with Gasteiger partial charge in [0.2, 0.25) is 0 Å². The summed E-state index contributed by atoms with van der Waals surface area (Å²) in [6.45, 7) is 1.83. The molecule has 0 bridgehead atoms. The van der Waals surface area contributed by atoms with Crippen molar-refractivity contribution in [3.63, 3.8) is 0 Å². The molecule has 0 saturated carbocycles. The molecule has 9 nitrogen and oxygen atoms in total. The smallest absolute Gasteiger partial charge is 0.269 e. The number of carbonyl (C=O) groups is 1. The maximum absolute atomic E-state index is 12.3. The van der Waals surface area contributed by atoms with Gasteiger partial charge >= 0.3 is 0 Å². The van der Waals surface area contributed by atoms with Crippen LogP contribution >= 0.6 is 0 Å². The van der Waals surface area contributed by atoms with Gasteiger partial charge in [0, 0.05) is 49.2 Å². The molecule has 1 aromatic heterocycles. The van der Waals surface area contributed by atoms with Crippen LogP contribution in [-0.4, -0.2) is 34.9 Å². The first-order valence-electron chi connectivity index (χ1n) is 8.78. The lowest BCUT2D eigenvalue weighted by molar-refractivity contribution is -0.384. The number of hydrogen-bond donors (Lipinski definition) is 2. The van der Waals surface area contributed by atoms with E-state index in [9.17, 15) is 14.9 Å². The van der Waals surface area contributed by atoms with Gasteiger partial charge in [-0.3, -0.25) is 14.9 Å². The third-order valence-electron chi connectivity index (χ3n) is 4.04. The molecule has 3 aromatic rings. The molecule has 1 heterocycles. The van der Waals surface area contributed by atoms with E-state index in [1.807, 2.05) is 44.1 Å². The van der Waals surface area contributed by atoms with Crippen LogP contribution in [0.2, 0.25) is 0 Å². The van der Waals surface area contributed by atoms with Crippen molar-refractivity contribution in [2.75, 3.05) is 29.6 Å². The largest absolute Gasteiger partial charge is 0.363 e. The fourth-order valence-electron chi connectivity index (χ4n) is 2.57. The van der Waals surface area contributed by atoms with Gasteiger partial charge < -0.3 is 15.5 Å². The zero-order chi connectivity index (χ0) is 21.0. The number of benzene rings is 2. The van der Waals surface area contributed by atoms with E-state index in [1.54, 1.807) is 12.1 Å². The number of non-ortho nitro benzene ring substituents is 1. The Hall–Kier alpha value is -4.01. The normalized spacial score (nSPS) is 10.3. The molecule has 29 heavy (non-hydrogen) atoms. The van der Waals surface area contributed by atoms with Crippen molar-refractivity contribution >= 4 is 34.6 Å². The second-order valence-corrected chi connectivity index (χ2v) is 6.51. The van der Waals surface area contributed by atoms with E-state index in [2.05, 4.69) is 20.6 Å². The number of anilines is 4. The van der Waals surface area contributed by atoms with E-state index in [4.69, 9.17) is 0 Å². The van der Waals surface area contributed by atoms with Crippen LogP contribution in [0.1, 0.15) is 16.2 Å². The van der Waals surface area contributed by atoms with Gasteiger partial charge in [-0.15, -0.1) is 0 Å². The number of rotatable bonds is 6. The Labute approximate surface area is 167 Å². The summed E-state index contributed by atoms with van der Waals surface area (Å²) in [5.74, 6) is 1.78. The molecular weight excluding hydrogens is 372 g/mol. The van der Waals surface area contributed by atoms with E-state index in [-0.39, 0.29) is 11.6 Å². The molecule has 0 saturated heterocycles. The highest BCUT2D eigenvalue weighted by Crippen LogP contribution is 2.21. The highest BCUT2D eigenvalue weighted by atomic mass is 16.6. The topological polar surface area (TPSA) is 113 Å². The highest BCUT2D eigenvalue weighted by molar-refractivity contribution is 6.04. The molecule has 0 fully saturated rings. The predicted octanol–water partition coefficient (Wildman–Crippen LogP) is 3.76. The maximum atomic E-state index is 12.3. The van der Waals surface area contributed by atoms with Gasteiger partial charge in [-0.2, -0.15) is 0 Å². The molecule has 0 unspecified atom stereocenters. The van der Waals surface area contributed by atoms with Crippen molar-refractivity contribution in [2.24, 2.45) is 0 Å². The van der Waals surface area contributed by atoms with Crippen molar-refractivity contribution in [3.8, 4) is 0 Å². The minimum atomic E-state index is -0.506. The quantitative estimate of drug-likeness (QED) is 0.485. The standard InChI is InChI=1S/C20H20N6O3/c1-13-21-18(12-19(22-13)25(2)3)23-15-6-8-16(9-7-15)24-20(27)14-4-10-17(11-5-14)26(28)29/h4-12H,1-3H3,(H,24,27)(H,21,22,23). The number of aromatic nitrogens is 2. The van der Waals surface area contributed by atoms with Crippen LogP contribution in [0.25, 0.3) is 0 Å². The molecule has 2 N–H and O–H groups in total. The van der Waals surface area contributed by atoms with Crippen molar-refractivity contribution in [1.82, 2.24) is 9.97 Å². The van der Waals surface area contributed by atoms with E-state index in [1.165, 1.54) is 24.3 Å². The van der Waals surface area contributed by atoms with Gasteiger partial charge in [0.05, 0.1) is 4.92 Å². The third-order valence-corrected chi connectivity index (χ3v) is 4.04. The predicted molar refractivity (Wildman–Crippen MR) is 112 cm³/mol. The first-order valence-corrected chi connectivity index (χ1v) is 8.78. The lowest BCUT2D eigenvalue weighted by Gasteiger charge is -2.14. The van der Waals surface area contributed by atoms with Gasteiger partial charge in [0.25, 0.3) is 11.6 Å². The highest BCUT2D eigenvalue weighted by Gasteiger charge is 2.10. The van der Waals surface area contributed by atoms with Crippen LogP contribution in [0.5, 0.6) is 0 Å². The van der Waals surface area contributed by atoms with Gasteiger partial charge in [-0.05, 0) is 43.3 Å². The van der Waals surface area contributed by atoms with Gasteiger partial charge in [0.1, 0.15) is 17.5 Å². The first-order chi connectivity index (χ1) is 13.8. The van der Waals surface area contributed by atoms with Crippen LogP contribution in [0.4, 0.5) is 28.7 Å². The third kappa shape index (κ3) is 5.04. The SMILES string of the molecule is Cc1nc(Nc2ccc(NC(=O)c3ccc([N+](=O)[O-])cc3)cc2)cc(N(C)C)n1. The summed E-state index contributed by atoms with van der Waals surface area (Å²) < 4.78 is 0. The van der Waals surface area contributed by atoms with E-state index >= 15 is 0 Å². The van der Waals surface area contributed by atoms with E-state index in [0.717, 1.165) is 11.5 Å². The second-order valence-electron chi connectivity index (χ2n) is 6.51. The second kappa shape index (κ2) is 8.34. The summed E-state index contributed by atoms with van der Waals surface area (Å²) in [4.78, 5) is 33.1. The molecule has 3 rings (SSSR count). The van der Waals surface area contributed by atoms with Crippen molar-refractivity contribution in [3.05, 3.63) is 76.1 Å². The lowest BCUT2D eigenvalue weighted by Crippen LogP contribution is -2.12. The Morgan fingerprint density at radius 3 is 2.21 bits per heavy atom. The minimum absolute atomic E-state index is 0.0608. The summed E-state index contributed by atoms with van der Waals surface area (Å²) >= 11 is 0. The molecule has 2 aromatic carbocycles. The number of aryl methyl sites for hydroxylation is 1. The van der Waals surface area contributed by atoms with Gasteiger partial charge in [-0.25, -0.2) is 9.97 Å². The molecule has 0 aliphatic rings. The molecule has 0 radical (unpaired) electrons. The van der Waals surface area contributed by atoms with Crippen LogP contribution in [-0.2, 0) is 0 Å². The Morgan fingerprint density at radius 1 is 1.00 bits per heavy atom. The average Bonchev–Trinajstić information content (AvgIpc) is 2.69. The fraction of sp³-hybridized carbons (Fsp3) is 0.150. The zero-order valence-electron chi connectivity index (χ0n) is 16.2. The number of hydrogen-bond acceptors (Lipinski definition) is 7. The summed E-state index contributed by atoms with van der Waals surface area (Å²) in [5, 5.41) is 16.7. The van der Waals surface area contributed by atoms with E-state index in [0.29, 0.717) is 22.9 Å². The number of carbonyl (C=O) groups excluding carboxylic acids is 1. The van der Waals surface area contributed by atoms with Crippen LogP contribution in [0.15, 0.2) is 54.6 Å². The lowest BCUT2D eigenvalue weighted by atomic mass is 10.2. The number of nitro groups is 1. The molecular formula is C20H20N6O3. The average molecular weight is 392 g/mol. The van der Waals surface area contributed by atoms with Crippen LogP contribution in [0.3, 0.4) is 0 Å². The molecule has 9 heteroatoms. The van der Waals surface area contributed by atoms with Gasteiger partial charge in [-0.1, -0.05) is 0 Å².